The third kappa shape index (κ3) is 3.84. The fourth-order valence-electron chi connectivity index (χ4n) is 2.99. The van der Waals surface area contributed by atoms with E-state index in [1.165, 1.54) is 47.9 Å². The summed E-state index contributed by atoms with van der Waals surface area (Å²) in [6.45, 7) is 22.2. The molecule has 0 aromatic carbocycles. The van der Waals surface area contributed by atoms with Crippen LogP contribution in [-0.2, 0) is 19.2 Å². The SMILES string of the molecule is CC[N+](C)(CC)[Ta]([N+](C)(CC)CC)[N+](C)(CC)CC. The van der Waals surface area contributed by atoms with Crippen molar-refractivity contribution in [1.82, 2.24) is 0 Å². The molecular formula is C15H39N3Ta+3. The van der Waals surface area contributed by atoms with E-state index in [9.17, 15) is 0 Å². The molecule has 0 fully saturated rings. The molecule has 0 aliphatic carbocycles. The molecule has 0 heterocycles. The summed E-state index contributed by atoms with van der Waals surface area (Å²) in [5.41, 5.74) is 0. The van der Waals surface area contributed by atoms with Gasteiger partial charge in [0.15, 0.2) is 0 Å². The van der Waals surface area contributed by atoms with Crippen molar-refractivity contribution < 1.29 is 27.9 Å². The van der Waals surface area contributed by atoms with Gasteiger partial charge in [-0.15, -0.1) is 0 Å². The van der Waals surface area contributed by atoms with Crippen molar-refractivity contribution in [1.29, 1.82) is 0 Å². The average molecular weight is 442 g/mol. The first-order valence-electron chi connectivity index (χ1n) is 8.08. The topological polar surface area (TPSA) is 0 Å². The molecule has 0 unspecified atom stereocenters. The van der Waals surface area contributed by atoms with Crippen molar-refractivity contribution in [2.24, 2.45) is 0 Å². The molecule has 0 rings (SSSR count). The number of rotatable bonds is 9. The van der Waals surface area contributed by atoms with Crippen LogP contribution in [0.25, 0.3) is 0 Å². The van der Waals surface area contributed by atoms with Gasteiger partial charge >= 0.3 is 130 Å². The van der Waals surface area contributed by atoms with Crippen molar-refractivity contribution in [2.75, 3.05) is 60.4 Å². The Kier molecular flexibility index (Phi) is 7.83. The molecule has 0 aromatic heterocycles. The maximum absolute atomic E-state index is 2.54. The second-order valence-electron chi connectivity index (χ2n) is 6.18. The molecule has 0 atom stereocenters. The van der Waals surface area contributed by atoms with Crippen molar-refractivity contribution in [3.63, 3.8) is 0 Å². The van der Waals surface area contributed by atoms with Gasteiger partial charge in [0.1, 0.15) is 0 Å². The molecule has 0 N–H and O–H groups in total. The Balaban J connectivity index is 5.88. The summed E-state index contributed by atoms with van der Waals surface area (Å²) in [5, 5.41) is 0. The van der Waals surface area contributed by atoms with Crippen molar-refractivity contribution in [2.45, 2.75) is 41.5 Å². The molecule has 3 nitrogen and oxygen atoms in total. The van der Waals surface area contributed by atoms with E-state index in [1.807, 2.05) is 0 Å². The molecule has 0 saturated heterocycles. The summed E-state index contributed by atoms with van der Waals surface area (Å²) in [5.74, 6) is 0. The average Bonchev–Trinajstić information content (AvgIpc) is 2.46. The van der Waals surface area contributed by atoms with Gasteiger partial charge in [-0.1, -0.05) is 0 Å². The minimum absolute atomic E-state index is 1.30. The number of quaternary nitrogens is 3. The summed E-state index contributed by atoms with van der Waals surface area (Å²) in [6, 6.07) is 0. The molecule has 0 aliphatic heterocycles. The molecule has 0 aromatic rings. The van der Waals surface area contributed by atoms with Gasteiger partial charge in [0.2, 0.25) is 0 Å². The minimum atomic E-state index is -1.92. The van der Waals surface area contributed by atoms with Crippen LogP contribution >= 0.6 is 0 Å². The van der Waals surface area contributed by atoms with Crippen LogP contribution in [0.15, 0.2) is 0 Å². The fraction of sp³-hybridized carbons (Fsp3) is 1.00. The fourth-order valence-corrected chi connectivity index (χ4v) is 19.7. The van der Waals surface area contributed by atoms with Crippen molar-refractivity contribution in [3.05, 3.63) is 0 Å². The molecule has 0 radical (unpaired) electrons. The number of nitrogens with zero attached hydrogens (tertiary/aromatic N) is 3. The van der Waals surface area contributed by atoms with Crippen molar-refractivity contribution >= 4 is 0 Å². The Morgan fingerprint density at radius 3 is 0.737 bits per heavy atom. The van der Waals surface area contributed by atoms with E-state index in [2.05, 4.69) is 62.7 Å². The van der Waals surface area contributed by atoms with Crippen LogP contribution in [0.1, 0.15) is 41.5 Å². The molecule has 0 aliphatic rings. The van der Waals surface area contributed by atoms with Gasteiger partial charge in [-0.3, -0.25) is 0 Å². The number of hydrogen-bond donors (Lipinski definition) is 0. The van der Waals surface area contributed by atoms with E-state index in [0.29, 0.717) is 0 Å². The van der Waals surface area contributed by atoms with E-state index in [1.54, 1.807) is 0 Å². The standard InChI is InChI=1S/3C5H13N.Ta/c3*1-4-6(3)5-2;/h3*4-5H2,1-3H3;/q;;;+3. The Morgan fingerprint density at radius 2 is 0.632 bits per heavy atom. The maximum atomic E-state index is 2.54. The molecule has 0 spiro atoms. The summed E-state index contributed by atoms with van der Waals surface area (Å²) in [7, 11) is 7.63. The van der Waals surface area contributed by atoms with Crippen LogP contribution in [0.5, 0.6) is 0 Å². The Labute approximate surface area is 130 Å². The first kappa shape index (κ1) is 19.6. The van der Waals surface area contributed by atoms with E-state index in [0.717, 1.165) is 0 Å². The van der Waals surface area contributed by atoms with Gasteiger partial charge in [-0.25, -0.2) is 0 Å². The zero-order valence-electron chi connectivity index (χ0n) is 15.0. The summed E-state index contributed by atoms with van der Waals surface area (Å²) in [6.07, 6.45) is 0. The zero-order chi connectivity index (χ0) is 15.3. The van der Waals surface area contributed by atoms with Crippen LogP contribution in [0.2, 0.25) is 0 Å². The van der Waals surface area contributed by atoms with Crippen LogP contribution < -0.4 is 0 Å². The van der Waals surface area contributed by atoms with Gasteiger partial charge < -0.3 is 0 Å². The Hall–Kier alpha value is 0.620. The third-order valence-electron chi connectivity index (χ3n) is 5.38. The van der Waals surface area contributed by atoms with Gasteiger partial charge in [0, 0.05) is 0 Å². The Bertz CT molecular complexity index is 213. The molecular weight excluding hydrogens is 403 g/mol. The van der Waals surface area contributed by atoms with Crippen LogP contribution in [0.4, 0.5) is 0 Å². The van der Waals surface area contributed by atoms with Crippen LogP contribution in [0, 0.1) is 0 Å². The van der Waals surface area contributed by atoms with Crippen LogP contribution in [0.3, 0.4) is 0 Å². The molecule has 0 saturated carbocycles. The normalized spacial score (nSPS) is 14.2. The molecule has 0 amide bonds. The summed E-state index contributed by atoms with van der Waals surface area (Å²) in [4.78, 5) is 0. The molecule has 4 heteroatoms. The van der Waals surface area contributed by atoms with E-state index in [4.69, 9.17) is 0 Å². The van der Waals surface area contributed by atoms with E-state index < -0.39 is 19.2 Å². The van der Waals surface area contributed by atoms with E-state index in [-0.39, 0.29) is 0 Å². The van der Waals surface area contributed by atoms with E-state index >= 15 is 0 Å². The zero-order valence-corrected chi connectivity index (χ0v) is 18.2. The van der Waals surface area contributed by atoms with Gasteiger partial charge in [-0.05, 0) is 0 Å². The number of hydrogen-bond acceptors (Lipinski definition) is 0. The Morgan fingerprint density at radius 1 is 0.474 bits per heavy atom. The van der Waals surface area contributed by atoms with Gasteiger partial charge in [-0.2, -0.15) is 0 Å². The summed E-state index contributed by atoms with van der Waals surface area (Å²) >= 11 is -1.92. The second-order valence-corrected chi connectivity index (χ2v) is 18.5. The molecule has 116 valence electrons. The summed E-state index contributed by atoms with van der Waals surface area (Å²) < 4.78 is 4.10. The van der Waals surface area contributed by atoms with Gasteiger partial charge in [0.05, 0.1) is 0 Å². The monoisotopic (exact) mass is 442 g/mol. The third-order valence-corrected chi connectivity index (χ3v) is 20.8. The predicted molar refractivity (Wildman–Crippen MR) is 81.8 cm³/mol. The van der Waals surface area contributed by atoms with Gasteiger partial charge in [0.25, 0.3) is 0 Å². The quantitative estimate of drug-likeness (QED) is 0.515. The van der Waals surface area contributed by atoms with Crippen LogP contribution in [-0.4, -0.2) is 69.1 Å². The molecule has 19 heavy (non-hydrogen) atoms. The van der Waals surface area contributed by atoms with Crippen molar-refractivity contribution in [3.8, 4) is 0 Å². The molecule has 0 bridgehead atoms. The first-order valence-corrected chi connectivity index (χ1v) is 12.4. The first-order chi connectivity index (χ1) is 8.73. The predicted octanol–water partition coefficient (Wildman–Crippen LogP) is 2.81. The second kappa shape index (κ2) is 7.58.